The molecule has 1 aliphatic rings. The highest BCUT2D eigenvalue weighted by Crippen LogP contribution is 2.34. The second-order valence-corrected chi connectivity index (χ2v) is 8.96. The molecule has 1 fully saturated rings. The Morgan fingerprint density at radius 3 is 2.34 bits per heavy atom. The zero-order valence-corrected chi connectivity index (χ0v) is 21.1. The van der Waals surface area contributed by atoms with Gasteiger partial charge in [0.1, 0.15) is 23.0 Å². The molecule has 0 aliphatic carbocycles. The predicted molar refractivity (Wildman–Crippen MR) is 135 cm³/mol. The molecule has 0 atom stereocenters. The van der Waals surface area contributed by atoms with Crippen molar-refractivity contribution >= 4 is 29.0 Å². The summed E-state index contributed by atoms with van der Waals surface area (Å²) in [4.78, 5) is 24.6. The molecule has 8 nitrogen and oxygen atoms in total. The predicted octanol–water partition coefficient (Wildman–Crippen LogP) is 5.86. The number of urea groups is 1. The SMILES string of the molecule is CCN1CCN(Cc2c(F)cc(C(F)(F)F)cc2NC(=O)Nc2ccc(Oc3cc(Cl)ncn3)cc2)CC1. The number of hydrogen-bond acceptors (Lipinski definition) is 6. The van der Waals surface area contributed by atoms with Crippen LogP contribution in [0, 0.1) is 5.82 Å². The minimum Gasteiger partial charge on any atom is -0.439 e. The van der Waals surface area contributed by atoms with E-state index in [-0.39, 0.29) is 28.8 Å². The first kappa shape index (κ1) is 27.6. The highest BCUT2D eigenvalue weighted by Gasteiger charge is 2.33. The van der Waals surface area contributed by atoms with Crippen molar-refractivity contribution in [3.8, 4) is 11.6 Å². The molecule has 2 N–H and O–H groups in total. The molecule has 0 radical (unpaired) electrons. The van der Waals surface area contributed by atoms with Crippen LogP contribution in [0.2, 0.25) is 5.15 Å². The number of nitrogens with one attached hydrogen (secondary N) is 2. The molecular formula is C25H25ClF4N6O2. The number of anilines is 2. The van der Waals surface area contributed by atoms with Crippen molar-refractivity contribution in [2.45, 2.75) is 19.6 Å². The molecule has 202 valence electrons. The number of likely N-dealkylation sites (N-methyl/N-ethyl adjacent to an activating group) is 1. The summed E-state index contributed by atoms with van der Waals surface area (Å²) in [5.41, 5.74) is -1.10. The summed E-state index contributed by atoms with van der Waals surface area (Å²) in [5.74, 6) is -0.408. The fraction of sp³-hybridized carbons (Fsp3) is 0.320. The molecular weight excluding hydrogens is 528 g/mol. The normalized spacial score (nSPS) is 14.8. The highest BCUT2D eigenvalue weighted by atomic mass is 35.5. The van der Waals surface area contributed by atoms with Gasteiger partial charge in [-0.05, 0) is 42.9 Å². The maximum Gasteiger partial charge on any atom is 0.416 e. The largest absolute Gasteiger partial charge is 0.439 e. The molecule has 2 heterocycles. The van der Waals surface area contributed by atoms with Crippen LogP contribution in [-0.4, -0.2) is 58.5 Å². The van der Waals surface area contributed by atoms with Crippen LogP contribution >= 0.6 is 11.6 Å². The number of aromatic nitrogens is 2. The number of alkyl halides is 3. The van der Waals surface area contributed by atoms with Crippen molar-refractivity contribution in [2.24, 2.45) is 0 Å². The zero-order chi connectivity index (χ0) is 27.3. The molecule has 1 saturated heterocycles. The lowest BCUT2D eigenvalue weighted by Crippen LogP contribution is -2.45. The van der Waals surface area contributed by atoms with Crippen molar-refractivity contribution in [1.82, 2.24) is 19.8 Å². The van der Waals surface area contributed by atoms with Crippen LogP contribution in [0.1, 0.15) is 18.1 Å². The summed E-state index contributed by atoms with van der Waals surface area (Å²) in [5, 5.41) is 5.14. The number of nitrogens with zero attached hydrogens (tertiary/aromatic N) is 4. The number of hydrogen-bond donors (Lipinski definition) is 2. The molecule has 0 spiro atoms. The third-order valence-corrected chi connectivity index (χ3v) is 6.21. The number of carbonyl (C=O) groups is 1. The van der Waals surface area contributed by atoms with Crippen molar-refractivity contribution in [2.75, 3.05) is 43.4 Å². The summed E-state index contributed by atoms with van der Waals surface area (Å²) >= 11 is 5.81. The summed E-state index contributed by atoms with van der Waals surface area (Å²) in [6, 6.07) is 7.98. The van der Waals surface area contributed by atoms with Crippen LogP contribution in [0.5, 0.6) is 11.6 Å². The first-order valence-electron chi connectivity index (χ1n) is 11.8. The molecule has 1 aliphatic heterocycles. The standard InChI is InChI=1S/C25H25ClF4N6O2/c1-2-35-7-9-36(10-8-35)14-19-20(27)11-16(25(28,29)30)12-21(19)34-24(37)33-17-3-5-18(6-4-17)38-23-13-22(26)31-15-32-23/h3-6,11-13,15H,2,7-10,14H2,1H3,(H2,33,34,37). The first-order chi connectivity index (χ1) is 18.1. The van der Waals surface area contributed by atoms with E-state index in [1.54, 1.807) is 12.1 Å². The van der Waals surface area contributed by atoms with E-state index >= 15 is 0 Å². The monoisotopic (exact) mass is 552 g/mol. The topological polar surface area (TPSA) is 82.6 Å². The summed E-state index contributed by atoms with van der Waals surface area (Å²) < 4.78 is 60.6. The fourth-order valence-corrected chi connectivity index (χ4v) is 4.08. The lowest BCUT2D eigenvalue weighted by molar-refractivity contribution is -0.137. The lowest BCUT2D eigenvalue weighted by atomic mass is 10.1. The van der Waals surface area contributed by atoms with E-state index in [1.807, 2.05) is 11.8 Å². The molecule has 2 amide bonds. The van der Waals surface area contributed by atoms with Gasteiger partial charge in [-0.1, -0.05) is 18.5 Å². The Kier molecular flexibility index (Phi) is 8.65. The average Bonchev–Trinajstić information content (AvgIpc) is 2.87. The van der Waals surface area contributed by atoms with Crippen LogP contribution in [0.15, 0.2) is 48.8 Å². The number of rotatable bonds is 7. The van der Waals surface area contributed by atoms with Crippen molar-refractivity contribution in [3.63, 3.8) is 0 Å². The zero-order valence-electron chi connectivity index (χ0n) is 20.4. The van der Waals surface area contributed by atoms with Gasteiger partial charge in [0.05, 0.1) is 11.3 Å². The number of amides is 2. The number of halogens is 5. The molecule has 38 heavy (non-hydrogen) atoms. The number of benzene rings is 2. The highest BCUT2D eigenvalue weighted by molar-refractivity contribution is 6.29. The second-order valence-electron chi connectivity index (χ2n) is 8.58. The van der Waals surface area contributed by atoms with Crippen LogP contribution < -0.4 is 15.4 Å². The summed E-state index contributed by atoms with van der Waals surface area (Å²) in [7, 11) is 0. The molecule has 3 aromatic rings. The van der Waals surface area contributed by atoms with E-state index in [2.05, 4.69) is 25.5 Å². The van der Waals surface area contributed by atoms with E-state index in [4.69, 9.17) is 16.3 Å². The minimum atomic E-state index is -4.78. The van der Waals surface area contributed by atoms with Gasteiger partial charge in [0.15, 0.2) is 0 Å². The molecule has 13 heteroatoms. The lowest BCUT2D eigenvalue weighted by Gasteiger charge is -2.34. The maximum absolute atomic E-state index is 14.9. The Balaban J connectivity index is 1.47. The van der Waals surface area contributed by atoms with E-state index in [1.165, 1.54) is 24.5 Å². The first-order valence-corrected chi connectivity index (χ1v) is 12.2. The minimum absolute atomic E-state index is 0.00893. The van der Waals surface area contributed by atoms with Crippen LogP contribution in [0.25, 0.3) is 0 Å². The Hall–Kier alpha value is -3.48. The van der Waals surface area contributed by atoms with Crippen LogP contribution in [-0.2, 0) is 12.7 Å². The van der Waals surface area contributed by atoms with Crippen molar-refractivity contribution in [1.29, 1.82) is 0 Å². The molecule has 0 saturated carbocycles. The van der Waals surface area contributed by atoms with Gasteiger partial charge in [-0.2, -0.15) is 13.2 Å². The maximum atomic E-state index is 14.9. The van der Waals surface area contributed by atoms with E-state index in [0.29, 0.717) is 30.6 Å². The second kappa shape index (κ2) is 11.9. The quantitative estimate of drug-likeness (QED) is 0.282. The van der Waals surface area contributed by atoms with Gasteiger partial charge < -0.3 is 20.3 Å². The average molecular weight is 553 g/mol. The number of piperazine rings is 1. The smallest absolute Gasteiger partial charge is 0.416 e. The molecule has 4 rings (SSSR count). The van der Waals surface area contributed by atoms with Crippen LogP contribution in [0.3, 0.4) is 0 Å². The summed E-state index contributed by atoms with van der Waals surface area (Å²) in [6.45, 7) is 5.80. The molecule has 1 aromatic heterocycles. The van der Waals surface area contributed by atoms with Crippen molar-refractivity contribution < 1.29 is 27.1 Å². The van der Waals surface area contributed by atoms with Crippen molar-refractivity contribution in [3.05, 3.63) is 70.9 Å². The van der Waals surface area contributed by atoms with E-state index in [0.717, 1.165) is 25.7 Å². The molecule has 0 bridgehead atoms. The van der Waals surface area contributed by atoms with E-state index < -0.39 is 23.6 Å². The van der Waals surface area contributed by atoms with Gasteiger partial charge in [-0.25, -0.2) is 19.2 Å². The Morgan fingerprint density at radius 2 is 1.71 bits per heavy atom. The molecule has 0 unspecified atom stereocenters. The molecule has 2 aromatic carbocycles. The fourth-order valence-electron chi connectivity index (χ4n) is 3.94. The van der Waals surface area contributed by atoms with Gasteiger partial charge in [-0.3, -0.25) is 4.90 Å². The third kappa shape index (κ3) is 7.30. The number of carbonyl (C=O) groups excluding carboxylic acids is 1. The van der Waals surface area contributed by atoms with Gasteiger partial charge in [0, 0.05) is 50.0 Å². The van der Waals surface area contributed by atoms with E-state index in [9.17, 15) is 22.4 Å². The van der Waals surface area contributed by atoms with Gasteiger partial charge >= 0.3 is 12.2 Å². The van der Waals surface area contributed by atoms with Gasteiger partial charge in [0.25, 0.3) is 0 Å². The third-order valence-electron chi connectivity index (χ3n) is 6.01. The van der Waals surface area contributed by atoms with Gasteiger partial charge in [-0.15, -0.1) is 0 Å². The Labute approximate surface area is 221 Å². The van der Waals surface area contributed by atoms with Crippen LogP contribution in [0.4, 0.5) is 33.7 Å². The van der Waals surface area contributed by atoms with Gasteiger partial charge in [0.2, 0.25) is 5.88 Å². The Bertz CT molecular complexity index is 1270. The Morgan fingerprint density at radius 1 is 1.03 bits per heavy atom. The summed E-state index contributed by atoms with van der Waals surface area (Å²) in [6.07, 6.45) is -3.53. The number of ether oxygens (including phenoxy) is 1.